The van der Waals surface area contributed by atoms with Crippen LogP contribution in [0.5, 0.6) is 0 Å². The van der Waals surface area contributed by atoms with Gasteiger partial charge in [0.15, 0.2) is 0 Å². The van der Waals surface area contributed by atoms with Gasteiger partial charge in [0.05, 0.1) is 11.1 Å². The number of hydrogen-bond donors (Lipinski definition) is 2. The number of rotatable bonds is 3. The first kappa shape index (κ1) is 19.6. The van der Waals surface area contributed by atoms with Gasteiger partial charge in [-0.15, -0.1) is 0 Å². The van der Waals surface area contributed by atoms with Gasteiger partial charge in [0.1, 0.15) is 0 Å². The third kappa shape index (κ3) is 5.41. The van der Waals surface area contributed by atoms with Gasteiger partial charge >= 0.3 is 0 Å². The normalized spacial score (nSPS) is 11.8. The molecule has 1 aromatic heterocycles. The number of aromatic nitrogens is 1. The van der Waals surface area contributed by atoms with Crippen LogP contribution in [-0.2, 0) is 5.41 Å². The average molecular weight is 353 g/mol. The Morgan fingerprint density at radius 3 is 1.88 bits per heavy atom. The summed E-state index contributed by atoms with van der Waals surface area (Å²) in [6, 6.07) is 9.30. The molecule has 0 saturated heterocycles. The van der Waals surface area contributed by atoms with Crippen molar-refractivity contribution in [3.63, 3.8) is 0 Å². The minimum atomic E-state index is -0.357. The quantitative estimate of drug-likeness (QED) is 0.870. The zero-order valence-corrected chi connectivity index (χ0v) is 16.3. The summed E-state index contributed by atoms with van der Waals surface area (Å²) in [4.78, 5) is 28.7. The Morgan fingerprint density at radius 2 is 1.38 bits per heavy atom. The van der Waals surface area contributed by atoms with Crippen molar-refractivity contribution in [3.05, 3.63) is 59.4 Å². The molecule has 138 valence electrons. The maximum Gasteiger partial charge on any atom is 0.257 e. The minimum Gasteiger partial charge on any atom is -0.347 e. The van der Waals surface area contributed by atoms with Gasteiger partial charge in [0, 0.05) is 23.6 Å². The highest BCUT2D eigenvalue weighted by atomic mass is 16.2. The first-order valence-electron chi connectivity index (χ1n) is 8.65. The minimum absolute atomic E-state index is 0.0568. The topological polar surface area (TPSA) is 71.1 Å². The Bertz CT molecular complexity index is 797. The molecule has 26 heavy (non-hydrogen) atoms. The Labute approximate surface area is 155 Å². The predicted molar refractivity (Wildman–Crippen MR) is 105 cm³/mol. The largest absolute Gasteiger partial charge is 0.347 e. The number of amides is 2. The van der Waals surface area contributed by atoms with Crippen LogP contribution in [0, 0.1) is 0 Å². The molecule has 5 nitrogen and oxygen atoms in total. The van der Waals surface area contributed by atoms with Crippen molar-refractivity contribution in [2.24, 2.45) is 0 Å². The van der Waals surface area contributed by atoms with E-state index in [1.165, 1.54) is 18.0 Å². The smallest absolute Gasteiger partial charge is 0.257 e. The molecular formula is C21H27N3O2. The van der Waals surface area contributed by atoms with Gasteiger partial charge in [0.25, 0.3) is 11.8 Å². The van der Waals surface area contributed by atoms with E-state index in [1.54, 1.807) is 6.07 Å². The van der Waals surface area contributed by atoms with Crippen LogP contribution in [0.3, 0.4) is 0 Å². The molecule has 2 amide bonds. The van der Waals surface area contributed by atoms with Crippen molar-refractivity contribution in [2.45, 2.75) is 52.5 Å². The second-order valence-electron chi connectivity index (χ2n) is 8.45. The van der Waals surface area contributed by atoms with Crippen LogP contribution in [-0.4, -0.2) is 22.3 Å². The molecule has 0 saturated carbocycles. The second kappa shape index (κ2) is 7.28. The van der Waals surface area contributed by atoms with Gasteiger partial charge in [-0.3, -0.25) is 14.6 Å². The highest BCUT2D eigenvalue weighted by Crippen LogP contribution is 2.23. The number of hydrogen-bond acceptors (Lipinski definition) is 3. The van der Waals surface area contributed by atoms with Gasteiger partial charge in [-0.05, 0) is 49.9 Å². The maximum atomic E-state index is 12.5. The van der Waals surface area contributed by atoms with Crippen molar-refractivity contribution >= 4 is 17.5 Å². The molecule has 5 heteroatoms. The molecule has 0 atom stereocenters. The lowest BCUT2D eigenvalue weighted by molar-refractivity contribution is 0.0919. The number of nitrogens with one attached hydrogen (secondary N) is 2. The third-order valence-electron chi connectivity index (χ3n) is 3.76. The molecule has 0 fully saturated rings. The summed E-state index contributed by atoms with van der Waals surface area (Å²) in [5.74, 6) is -0.555. The maximum absolute atomic E-state index is 12.5. The first-order chi connectivity index (χ1) is 12.0. The fourth-order valence-electron chi connectivity index (χ4n) is 2.36. The molecule has 0 spiro atoms. The lowest BCUT2D eigenvalue weighted by Gasteiger charge is -2.20. The lowest BCUT2D eigenvalue weighted by Crippen LogP contribution is -2.40. The monoisotopic (exact) mass is 353 g/mol. The molecule has 1 aromatic carbocycles. The summed E-state index contributed by atoms with van der Waals surface area (Å²) in [6.07, 6.45) is 2.91. The van der Waals surface area contributed by atoms with Gasteiger partial charge in [0.2, 0.25) is 0 Å². The summed E-state index contributed by atoms with van der Waals surface area (Å²) in [7, 11) is 0. The molecule has 2 aromatic rings. The van der Waals surface area contributed by atoms with E-state index in [0.717, 1.165) is 0 Å². The van der Waals surface area contributed by atoms with Crippen LogP contribution >= 0.6 is 0 Å². The van der Waals surface area contributed by atoms with Crippen molar-refractivity contribution in [2.75, 3.05) is 5.32 Å². The van der Waals surface area contributed by atoms with Crippen LogP contribution in [0.1, 0.15) is 67.8 Å². The van der Waals surface area contributed by atoms with Crippen molar-refractivity contribution in [1.82, 2.24) is 10.3 Å². The first-order valence-corrected chi connectivity index (χ1v) is 8.65. The zero-order valence-electron chi connectivity index (χ0n) is 16.3. The number of carbonyl (C=O) groups is 2. The van der Waals surface area contributed by atoms with Crippen LogP contribution in [0.15, 0.2) is 42.7 Å². The van der Waals surface area contributed by atoms with Gasteiger partial charge < -0.3 is 10.6 Å². The average Bonchev–Trinajstić information content (AvgIpc) is 2.53. The summed E-state index contributed by atoms with van der Waals surface area (Å²) in [5.41, 5.74) is 2.29. The van der Waals surface area contributed by atoms with E-state index >= 15 is 0 Å². The SMILES string of the molecule is CC(C)(C)NC(=O)c1cncc(C(=O)Nc2ccc(C(C)(C)C)cc2)c1. The Morgan fingerprint density at radius 1 is 0.846 bits per heavy atom. The lowest BCUT2D eigenvalue weighted by atomic mass is 9.87. The summed E-state index contributed by atoms with van der Waals surface area (Å²) in [5, 5.41) is 5.70. The molecule has 0 bridgehead atoms. The van der Waals surface area contributed by atoms with E-state index in [1.807, 2.05) is 45.0 Å². The highest BCUT2D eigenvalue weighted by Gasteiger charge is 2.17. The molecule has 0 aliphatic rings. The van der Waals surface area contributed by atoms with E-state index in [-0.39, 0.29) is 22.8 Å². The standard InChI is InChI=1S/C21H27N3O2/c1-20(2,3)16-7-9-17(10-8-16)23-18(25)14-11-15(13-22-12-14)19(26)24-21(4,5)6/h7-13H,1-6H3,(H,23,25)(H,24,26). The van der Waals surface area contributed by atoms with Crippen molar-refractivity contribution in [1.29, 1.82) is 0 Å². The molecule has 2 N–H and O–H groups in total. The van der Waals surface area contributed by atoms with E-state index in [0.29, 0.717) is 16.8 Å². The number of carbonyl (C=O) groups excluding carboxylic acids is 2. The molecular weight excluding hydrogens is 326 g/mol. The molecule has 0 aliphatic heterocycles. The van der Waals surface area contributed by atoms with E-state index in [9.17, 15) is 9.59 Å². The van der Waals surface area contributed by atoms with Gasteiger partial charge in [-0.25, -0.2) is 0 Å². The van der Waals surface area contributed by atoms with E-state index in [2.05, 4.69) is 36.4 Å². The van der Waals surface area contributed by atoms with E-state index in [4.69, 9.17) is 0 Å². The Hall–Kier alpha value is -2.69. The number of benzene rings is 1. The Balaban J connectivity index is 2.13. The summed E-state index contributed by atoms with van der Waals surface area (Å²) in [6.45, 7) is 12.1. The molecule has 0 radical (unpaired) electrons. The summed E-state index contributed by atoms with van der Waals surface area (Å²) >= 11 is 0. The zero-order chi connectivity index (χ0) is 19.5. The summed E-state index contributed by atoms with van der Waals surface area (Å²) < 4.78 is 0. The van der Waals surface area contributed by atoms with E-state index < -0.39 is 0 Å². The molecule has 1 heterocycles. The van der Waals surface area contributed by atoms with Crippen LogP contribution < -0.4 is 10.6 Å². The number of anilines is 1. The highest BCUT2D eigenvalue weighted by molar-refractivity contribution is 6.05. The van der Waals surface area contributed by atoms with Crippen molar-refractivity contribution in [3.8, 4) is 0 Å². The van der Waals surface area contributed by atoms with Crippen LogP contribution in [0.4, 0.5) is 5.69 Å². The molecule has 0 aliphatic carbocycles. The van der Waals surface area contributed by atoms with Gasteiger partial charge in [-0.2, -0.15) is 0 Å². The second-order valence-corrected chi connectivity index (χ2v) is 8.45. The molecule has 0 unspecified atom stereocenters. The molecule has 2 rings (SSSR count). The van der Waals surface area contributed by atoms with Crippen LogP contribution in [0.25, 0.3) is 0 Å². The van der Waals surface area contributed by atoms with Gasteiger partial charge in [-0.1, -0.05) is 32.9 Å². The number of nitrogens with zero attached hydrogens (tertiary/aromatic N) is 1. The fraction of sp³-hybridized carbons (Fsp3) is 0.381. The number of pyridine rings is 1. The van der Waals surface area contributed by atoms with Crippen molar-refractivity contribution < 1.29 is 9.59 Å². The fourth-order valence-corrected chi connectivity index (χ4v) is 2.36. The van der Waals surface area contributed by atoms with Crippen LogP contribution in [0.2, 0.25) is 0 Å². The third-order valence-corrected chi connectivity index (χ3v) is 3.76. The Kier molecular flexibility index (Phi) is 5.50. The predicted octanol–water partition coefficient (Wildman–Crippen LogP) is 4.16.